The lowest BCUT2D eigenvalue weighted by Gasteiger charge is -2.23. The average Bonchev–Trinajstić information content (AvgIpc) is 2.38. The minimum absolute atomic E-state index is 0.0874. The molecule has 16 heavy (non-hydrogen) atoms. The SMILES string of the molecule is N#Cc1ccc(OCC2CNCCO2)cn1. The van der Waals surface area contributed by atoms with Gasteiger partial charge in [0.25, 0.3) is 0 Å². The molecule has 5 nitrogen and oxygen atoms in total. The molecule has 5 heteroatoms. The Balaban J connectivity index is 1.82. The van der Waals surface area contributed by atoms with Crippen molar-refractivity contribution < 1.29 is 9.47 Å². The van der Waals surface area contributed by atoms with Crippen LogP contribution in [0.3, 0.4) is 0 Å². The number of hydrogen-bond acceptors (Lipinski definition) is 5. The summed E-state index contributed by atoms with van der Waals surface area (Å²) in [6.07, 6.45) is 1.64. The van der Waals surface area contributed by atoms with Crippen LogP contribution in [0.5, 0.6) is 5.75 Å². The van der Waals surface area contributed by atoms with Crippen LogP contribution in [0, 0.1) is 11.3 Å². The molecule has 2 rings (SSSR count). The third-order valence-electron chi connectivity index (χ3n) is 2.29. The summed E-state index contributed by atoms with van der Waals surface area (Å²) >= 11 is 0. The fourth-order valence-electron chi connectivity index (χ4n) is 1.45. The number of nitriles is 1. The van der Waals surface area contributed by atoms with E-state index in [2.05, 4.69) is 10.3 Å². The third-order valence-corrected chi connectivity index (χ3v) is 2.29. The van der Waals surface area contributed by atoms with Gasteiger partial charge in [-0.05, 0) is 12.1 Å². The van der Waals surface area contributed by atoms with Crippen molar-refractivity contribution in [2.24, 2.45) is 0 Å². The maximum Gasteiger partial charge on any atom is 0.140 e. The topological polar surface area (TPSA) is 67.2 Å². The van der Waals surface area contributed by atoms with Gasteiger partial charge in [0.2, 0.25) is 0 Å². The minimum atomic E-state index is 0.0874. The molecule has 0 aliphatic carbocycles. The summed E-state index contributed by atoms with van der Waals surface area (Å²) in [5, 5.41) is 11.8. The van der Waals surface area contributed by atoms with Gasteiger partial charge < -0.3 is 14.8 Å². The molecule has 2 heterocycles. The van der Waals surface area contributed by atoms with Gasteiger partial charge in [-0.2, -0.15) is 5.26 Å². The van der Waals surface area contributed by atoms with Gasteiger partial charge in [0.05, 0.1) is 12.8 Å². The van der Waals surface area contributed by atoms with E-state index < -0.39 is 0 Å². The van der Waals surface area contributed by atoms with Crippen molar-refractivity contribution in [3.63, 3.8) is 0 Å². The Bertz CT molecular complexity index is 366. The summed E-state index contributed by atoms with van der Waals surface area (Å²) in [6.45, 7) is 2.93. The average molecular weight is 219 g/mol. The van der Waals surface area contributed by atoms with Gasteiger partial charge in [-0.1, -0.05) is 0 Å². The molecule has 1 aliphatic rings. The van der Waals surface area contributed by atoms with Crippen LogP contribution in [-0.4, -0.2) is 37.4 Å². The maximum absolute atomic E-state index is 8.58. The van der Waals surface area contributed by atoms with E-state index >= 15 is 0 Å². The molecule has 0 radical (unpaired) electrons. The van der Waals surface area contributed by atoms with Crippen LogP contribution >= 0.6 is 0 Å². The lowest BCUT2D eigenvalue weighted by Crippen LogP contribution is -2.41. The van der Waals surface area contributed by atoms with Crippen LogP contribution in [0.25, 0.3) is 0 Å². The van der Waals surface area contributed by atoms with Crippen molar-refractivity contribution in [2.75, 3.05) is 26.3 Å². The van der Waals surface area contributed by atoms with E-state index in [9.17, 15) is 0 Å². The van der Waals surface area contributed by atoms with E-state index in [-0.39, 0.29) is 6.10 Å². The highest BCUT2D eigenvalue weighted by Crippen LogP contribution is 2.09. The summed E-state index contributed by atoms with van der Waals surface area (Å²) in [4.78, 5) is 3.92. The van der Waals surface area contributed by atoms with Gasteiger partial charge in [-0.3, -0.25) is 0 Å². The van der Waals surface area contributed by atoms with E-state index in [1.807, 2.05) is 6.07 Å². The number of pyridine rings is 1. The summed E-state index contributed by atoms with van der Waals surface area (Å²) in [5.74, 6) is 0.660. The monoisotopic (exact) mass is 219 g/mol. The number of nitrogens with one attached hydrogen (secondary N) is 1. The normalized spacial score (nSPS) is 20.1. The van der Waals surface area contributed by atoms with Crippen molar-refractivity contribution in [3.8, 4) is 11.8 Å². The molecule has 0 spiro atoms. The van der Waals surface area contributed by atoms with Crippen molar-refractivity contribution in [1.29, 1.82) is 5.26 Å². The van der Waals surface area contributed by atoms with Crippen LogP contribution < -0.4 is 10.1 Å². The van der Waals surface area contributed by atoms with Crippen LogP contribution in [0.15, 0.2) is 18.3 Å². The standard InChI is InChI=1S/C11H13N3O2/c12-5-9-1-2-10(7-14-9)16-8-11-6-13-3-4-15-11/h1-2,7,11,13H,3-4,6,8H2. The van der Waals surface area contributed by atoms with Gasteiger partial charge in [0.1, 0.15) is 30.2 Å². The summed E-state index contributed by atoms with van der Waals surface area (Å²) in [6, 6.07) is 5.33. The van der Waals surface area contributed by atoms with Gasteiger partial charge in [-0.25, -0.2) is 4.98 Å². The Morgan fingerprint density at radius 3 is 3.19 bits per heavy atom. The number of aromatic nitrogens is 1. The number of morpholine rings is 1. The first-order chi connectivity index (χ1) is 7.88. The number of hydrogen-bond donors (Lipinski definition) is 1. The fraction of sp³-hybridized carbons (Fsp3) is 0.455. The van der Waals surface area contributed by atoms with E-state index in [0.717, 1.165) is 19.7 Å². The summed E-state index contributed by atoms with van der Waals surface area (Å²) in [7, 11) is 0. The highest BCUT2D eigenvalue weighted by molar-refractivity contribution is 5.26. The lowest BCUT2D eigenvalue weighted by molar-refractivity contribution is 0.000125. The second kappa shape index (κ2) is 5.45. The van der Waals surface area contributed by atoms with Gasteiger partial charge in [-0.15, -0.1) is 0 Å². The molecule has 0 amide bonds. The Labute approximate surface area is 94.0 Å². The smallest absolute Gasteiger partial charge is 0.140 e. The Hall–Kier alpha value is -1.64. The molecule has 1 N–H and O–H groups in total. The van der Waals surface area contributed by atoms with Crippen LogP contribution in [0.4, 0.5) is 0 Å². The molecule has 1 aromatic rings. The number of rotatable bonds is 3. The first kappa shape index (κ1) is 10.9. The largest absolute Gasteiger partial charge is 0.489 e. The molecule has 0 saturated carbocycles. The second-order valence-corrected chi connectivity index (χ2v) is 3.50. The van der Waals surface area contributed by atoms with Crippen molar-refractivity contribution in [1.82, 2.24) is 10.3 Å². The Morgan fingerprint density at radius 2 is 2.56 bits per heavy atom. The Morgan fingerprint density at radius 1 is 1.62 bits per heavy atom. The van der Waals surface area contributed by atoms with E-state index in [0.29, 0.717) is 18.1 Å². The predicted octanol–water partition coefficient (Wildman–Crippen LogP) is 0.320. The van der Waals surface area contributed by atoms with Crippen LogP contribution in [-0.2, 0) is 4.74 Å². The molecule has 1 atom stereocenters. The second-order valence-electron chi connectivity index (χ2n) is 3.50. The molecular weight excluding hydrogens is 206 g/mol. The molecule has 1 aromatic heterocycles. The molecule has 1 fully saturated rings. The molecular formula is C11H13N3O2. The predicted molar refractivity (Wildman–Crippen MR) is 57.1 cm³/mol. The molecule has 1 aliphatic heterocycles. The van der Waals surface area contributed by atoms with Crippen LogP contribution in [0.2, 0.25) is 0 Å². The van der Waals surface area contributed by atoms with Crippen molar-refractivity contribution in [2.45, 2.75) is 6.10 Å². The third kappa shape index (κ3) is 2.92. The zero-order valence-corrected chi connectivity index (χ0v) is 8.85. The van der Waals surface area contributed by atoms with Gasteiger partial charge in [0, 0.05) is 13.1 Å². The zero-order valence-electron chi connectivity index (χ0n) is 8.85. The van der Waals surface area contributed by atoms with Crippen LogP contribution in [0.1, 0.15) is 5.69 Å². The maximum atomic E-state index is 8.58. The number of ether oxygens (including phenoxy) is 2. The highest BCUT2D eigenvalue weighted by atomic mass is 16.5. The molecule has 1 unspecified atom stereocenters. The summed E-state index contributed by atoms with van der Waals surface area (Å²) < 4.78 is 11.0. The number of nitrogens with zero attached hydrogens (tertiary/aromatic N) is 2. The van der Waals surface area contributed by atoms with Gasteiger partial charge >= 0.3 is 0 Å². The zero-order chi connectivity index (χ0) is 11.2. The fourth-order valence-corrected chi connectivity index (χ4v) is 1.45. The lowest BCUT2D eigenvalue weighted by atomic mass is 10.3. The molecule has 1 saturated heterocycles. The van der Waals surface area contributed by atoms with Crippen molar-refractivity contribution >= 4 is 0 Å². The molecule has 0 bridgehead atoms. The highest BCUT2D eigenvalue weighted by Gasteiger charge is 2.13. The minimum Gasteiger partial charge on any atom is -0.489 e. The van der Waals surface area contributed by atoms with Crippen molar-refractivity contribution in [3.05, 3.63) is 24.0 Å². The first-order valence-electron chi connectivity index (χ1n) is 5.20. The summed E-state index contributed by atoms with van der Waals surface area (Å²) in [5.41, 5.74) is 0.392. The quantitative estimate of drug-likeness (QED) is 0.793. The molecule has 84 valence electrons. The first-order valence-corrected chi connectivity index (χ1v) is 5.20. The van der Waals surface area contributed by atoms with E-state index in [1.165, 1.54) is 0 Å². The van der Waals surface area contributed by atoms with Gasteiger partial charge in [0.15, 0.2) is 0 Å². The van der Waals surface area contributed by atoms with E-state index in [1.54, 1.807) is 18.3 Å². The van der Waals surface area contributed by atoms with E-state index in [4.69, 9.17) is 14.7 Å². The Kier molecular flexibility index (Phi) is 3.70. The molecule has 0 aromatic carbocycles.